The summed E-state index contributed by atoms with van der Waals surface area (Å²) in [6.45, 7) is -0.147. The van der Waals surface area contributed by atoms with Crippen molar-refractivity contribution in [3.63, 3.8) is 0 Å². The number of benzene rings is 3. The van der Waals surface area contributed by atoms with Crippen LogP contribution in [0.1, 0.15) is 47.8 Å². The highest BCUT2D eigenvalue weighted by molar-refractivity contribution is 6.15. The van der Waals surface area contributed by atoms with Gasteiger partial charge < -0.3 is 9.47 Å². The molecule has 3 aromatic carbocycles. The van der Waals surface area contributed by atoms with Gasteiger partial charge in [0.25, 0.3) is 11.8 Å². The van der Waals surface area contributed by atoms with Crippen molar-refractivity contribution in [2.45, 2.75) is 20.5 Å². The largest absolute Gasteiger partial charge is 0.452 e. The number of hydrogen-bond donors (Lipinski definition) is 1. The summed E-state index contributed by atoms with van der Waals surface area (Å²) in [5.41, 5.74) is 2.18. The van der Waals surface area contributed by atoms with Crippen LogP contribution in [0.4, 0.5) is 8.78 Å². The SMILES string of the molecule is Cc1ccc(C)c(C(=O)c2ccccc2C(=O)OCC(=O)NC(=O)c2ccc(OC(F)F)cc2)c1. The molecule has 0 saturated heterocycles. The minimum Gasteiger partial charge on any atom is -0.452 e. The summed E-state index contributed by atoms with van der Waals surface area (Å²) in [4.78, 5) is 50.0. The van der Waals surface area contributed by atoms with Gasteiger partial charge in [0.1, 0.15) is 5.75 Å². The Morgan fingerprint density at radius 2 is 1.51 bits per heavy atom. The number of aryl methyl sites for hydroxylation is 2. The van der Waals surface area contributed by atoms with Crippen molar-refractivity contribution in [3.05, 3.63) is 100 Å². The zero-order valence-corrected chi connectivity index (χ0v) is 18.8. The lowest BCUT2D eigenvalue weighted by atomic mass is 9.94. The van der Waals surface area contributed by atoms with Gasteiger partial charge in [-0.2, -0.15) is 8.78 Å². The fourth-order valence-electron chi connectivity index (χ4n) is 3.22. The number of amides is 2. The molecule has 0 aliphatic carbocycles. The molecule has 0 aromatic heterocycles. The third-order valence-electron chi connectivity index (χ3n) is 4.96. The second-order valence-electron chi connectivity index (χ2n) is 7.55. The first kappa shape index (κ1) is 25.2. The predicted octanol–water partition coefficient (Wildman–Crippen LogP) is 4.25. The fraction of sp³-hybridized carbons (Fsp3) is 0.154. The standard InChI is InChI=1S/C26H21F2NO6/c1-15-7-8-16(2)21(13-15)23(31)19-5-3-4-6-20(19)25(33)34-14-22(30)29-24(32)17-9-11-18(12-10-17)35-26(27)28/h3-13,26H,14H2,1-2H3,(H,29,30,32). The number of carbonyl (C=O) groups excluding carboxylic acids is 4. The van der Waals surface area contributed by atoms with Crippen molar-refractivity contribution in [3.8, 4) is 5.75 Å². The number of ether oxygens (including phenoxy) is 2. The molecule has 0 heterocycles. The van der Waals surface area contributed by atoms with Crippen LogP contribution in [0.5, 0.6) is 5.75 Å². The molecule has 0 saturated carbocycles. The topological polar surface area (TPSA) is 98.8 Å². The first-order chi connectivity index (χ1) is 16.7. The van der Waals surface area contributed by atoms with E-state index in [0.717, 1.165) is 23.3 Å². The summed E-state index contributed by atoms with van der Waals surface area (Å²) < 4.78 is 33.6. The minimum absolute atomic E-state index is 0.00996. The molecule has 2 amide bonds. The summed E-state index contributed by atoms with van der Waals surface area (Å²) in [5, 5.41) is 2.03. The van der Waals surface area contributed by atoms with Crippen molar-refractivity contribution in [1.29, 1.82) is 0 Å². The van der Waals surface area contributed by atoms with Crippen LogP contribution in [0.25, 0.3) is 0 Å². The van der Waals surface area contributed by atoms with Crippen LogP contribution in [-0.4, -0.2) is 36.8 Å². The number of carbonyl (C=O) groups is 4. The lowest BCUT2D eigenvalue weighted by Gasteiger charge is -2.11. The molecule has 0 atom stereocenters. The van der Waals surface area contributed by atoms with Crippen molar-refractivity contribution in [2.75, 3.05) is 6.61 Å². The monoisotopic (exact) mass is 481 g/mol. The molecule has 7 nitrogen and oxygen atoms in total. The molecule has 0 radical (unpaired) electrons. The van der Waals surface area contributed by atoms with Crippen LogP contribution in [0.2, 0.25) is 0 Å². The molecule has 3 aromatic rings. The van der Waals surface area contributed by atoms with Crippen LogP contribution < -0.4 is 10.1 Å². The van der Waals surface area contributed by atoms with Crippen LogP contribution in [0.3, 0.4) is 0 Å². The van der Waals surface area contributed by atoms with Gasteiger partial charge in [-0.3, -0.25) is 19.7 Å². The Hall–Kier alpha value is -4.40. The van der Waals surface area contributed by atoms with E-state index in [1.54, 1.807) is 25.1 Å². The summed E-state index contributed by atoms with van der Waals surface area (Å²) >= 11 is 0. The zero-order valence-electron chi connectivity index (χ0n) is 18.8. The van der Waals surface area contributed by atoms with E-state index in [-0.39, 0.29) is 28.2 Å². The normalized spacial score (nSPS) is 10.5. The Labute approximate surface area is 199 Å². The molecule has 0 spiro atoms. The van der Waals surface area contributed by atoms with Crippen LogP contribution in [-0.2, 0) is 9.53 Å². The van der Waals surface area contributed by atoms with E-state index in [1.807, 2.05) is 24.4 Å². The van der Waals surface area contributed by atoms with Crippen LogP contribution in [0.15, 0.2) is 66.7 Å². The summed E-state index contributed by atoms with van der Waals surface area (Å²) in [7, 11) is 0. The Bertz CT molecular complexity index is 1270. The molecule has 180 valence electrons. The molecule has 1 N–H and O–H groups in total. The summed E-state index contributed by atoms with van der Waals surface area (Å²) in [6, 6.07) is 16.2. The second-order valence-corrected chi connectivity index (χ2v) is 7.55. The number of imide groups is 1. The Balaban J connectivity index is 1.64. The maximum atomic E-state index is 13.1. The van der Waals surface area contributed by atoms with Gasteiger partial charge in [0.15, 0.2) is 12.4 Å². The number of alkyl halides is 2. The van der Waals surface area contributed by atoms with E-state index in [1.165, 1.54) is 24.3 Å². The number of esters is 1. The fourth-order valence-corrected chi connectivity index (χ4v) is 3.22. The highest BCUT2D eigenvalue weighted by Gasteiger charge is 2.21. The van der Waals surface area contributed by atoms with Crippen molar-refractivity contribution < 1.29 is 37.4 Å². The lowest BCUT2D eigenvalue weighted by molar-refractivity contribution is -0.123. The average Bonchev–Trinajstić information content (AvgIpc) is 2.83. The van der Waals surface area contributed by atoms with Gasteiger partial charge in [0.2, 0.25) is 0 Å². The highest BCUT2D eigenvalue weighted by Crippen LogP contribution is 2.20. The Morgan fingerprint density at radius 3 is 2.17 bits per heavy atom. The molecule has 0 aliphatic rings. The highest BCUT2D eigenvalue weighted by atomic mass is 19.3. The molecular formula is C26H21F2NO6. The summed E-state index contributed by atoms with van der Waals surface area (Å²) in [5.74, 6) is -3.14. The van der Waals surface area contributed by atoms with E-state index in [0.29, 0.717) is 5.56 Å². The minimum atomic E-state index is -3.01. The molecule has 0 aliphatic heterocycles. The zero-order chi connectivity index (χ0) is 25.5. The summed E-state index contributed by atoms with van der Waals surface area (Å²) in [6.07, 6.45) is 0. The van der Waals surface area contributed by atoms with Gasteiger partial charge in [0, 0.05) is 16.7 Å². The molecule has 9 heteroatoms. The molecule has 3 rings (SSSR count). The van der Waals surface area contributed by atoms with Gasteiger partial charge in [0.05, 0.1) is 5.56 Å². The van der Waals surface area contributed by atoms with Crippen molar-refractivity contribution in [1.82, 2.24) is 5.32 Å². The van der Waals surface area contributed by atoms with Crippen molar-refractivity contribution >= 4 is 23.6 Å². The lowest BCUT2D eigenvalue weighted by Crippen LogP contribution is -2.34. The van der Waals surface area contributed by atoms with E-state index in [2.05, 4.69) is 4.74 Å². The number of ketones is 1. The quantitative estimate of drug-likeness (QED) is 0.382. The molecule has 0 bridgehead atoms. The third kappa shape index (κ3) is 6.57. The molecule has 0 fully saturated rings. The number of rotatable bonds is 8. The number of halogens is 2. The van der Waals surface area contributed by atoms with Gasteiger partial charge >= 0.3 is 12.6 Å². The first-order valence-corrected chi connectivity index (χ1v) is 10.4. The maximum Gasteiger partial charge on any atom is 0.387 e. The first-order valence-electron chi connectivity index (χ1n) is 10.4. The van der Waals surface area contributed by atoms with E-state index in [9.17, 15) is 28.0 Å². The number of hydrogen-bond acceptors (Lipinski definition) is 6. The third-order valence-corrected chi connectivity index (χ3v) is 4.96. The van der Waals surface area contributed by atoms with Crippen molar-refractivity contribution in [2.24, 2.45) is 0 Å². The number of nitrogens with one attached hydrogen (secondary N) is 1. The van der Waals surface area contributed by atoms with Gasteiger partial charge in [-0.1, -0.05) is 35.9 Å². The second kappa shape index (κ2) is 11.1. The van der Waals surface area contributed by atoms with Crippen LogP contribution >= 0.6 is 0 Å². The Kier molecular flexibility index (Phi) is 8.04. The molecule has 35 heavy (non-hydrogen) atoms. The van der Waals surface area contributed by atoms with Gasteiger partial charge in [-0.15, -0.1) is 0 Å². The average molecular weight is 481 g/mol. The smallest absolute Gasteiger partial charge is 0.387 e. The van der Waals surface area contributed by atoms with E-state index >= 15 is 0 Å². The van der Waals surface area contributed by atoms with Gasteiger partial charge in [-0.25, -0.2) is 4.79 Å². The predicted molar refractivity (Wildman–Crippen MR) is 122 cm³/mol. The Morgan fingerprint density at radius 1 is 0.857 bits per heavy atom. The molecular weight excluding hydrogens is 460 g/mol. The maximum absolute atomic E-state index is 13.1. The molecule has 0 unspecified atom stereocenters. The van der Waals surface area contributed by atoms with Gasteiger partial charge in [-0.05, 0) is 55.8 Å². The van der Waals surface area contributed by atoms with Crippen LogP contribution in [0, 0.1) is 13.8 Å². The van der Waals surface area contributed by atoms with E-state index in [4.69, 9.17) is 4.74 Å². The van der Waals surface area contributed by atoms with E-state index < -0.39 is 31.0 Å².